The second-order valence-electron chi connectivity index (χ2n) is 7.87. The van der Waals surface area contributed by atoms with E-state index in [1.807, 2.05) is 79.7 Å². The van der Waals surface area contributed by atoms with Crippen LogP contribution >= 0.6 is 39.3 Å². The molecule has 1 atom stereocenters. The number of benzene rings is 3. The third kappa shape index (κ3) is 8.19. The lowest BCUT2D eigenvalue weighted by atomic mass is 10.0. The molecule has 0 saturated carbocycles. The third-order valence-electron chi connectivity index (χ3n) is 5.27. The van der Waals surface area contributed by atoms with Crippen LogP contribution in [0.15, 0.2) is 83.3 Å². The van der Waals surface area contributed by atoms with Crippen LogP contribution in [0, 0.1) is 0 Å². The second kappa shape index (κ2) is 13.6. The molecule has 178 valence electrons. The first-order valence-corrected chi connectivity index (χ1v) is 13.5. The molecule has 0 aliphatic heterocycles. The number of rotatable bonds is 11. The molecule has 0 heterocycles. The largest absolute Gasteiger partial charge is 0.355 e. The molecule has 3 aromatic rings. The highest BCUT2D eigenvalue weighted by molar-refractivity contribution is 9.10. The summed E-state index contributed by atoms with van der Waals surface area (Å²) in [6.07, 6.45) is 0.441. The number of nitrogens with one attached hydrogen (secondary N) is 1. The average Bonchev–Trinajstić information content (AvgIpc) is 2.83. The summed E-state index contributed by atoms with van der Waals surface area (Å²) < 4.78 is 1.02. The van der Waals surface area contributed by atoms with Gasteiger partial charge in [-0.1, -0.05) is 82.1 Å². The van der Waals surface area contributed by atoms with Gasteiger partial charge in [0.2, 0.25) is 11.8 Å². The minimum atomic E-state index is -0.623. The van der Waals surface area contributed by atoms with Crippen molar-refractivity contribution in [2.24, 2.45) is 0 Å². The Balaban J connectivity index is 1.81. The van der Waals surface area contributed by atoms with Crippen molar-refractivity contribution in [3.63, 3.8) is 0 Å². The van der Waals surface area contributed by atoms with E-state index in [9.17, 15) is 9.59 Å². The van der Waals surface area contributed by atoms with Gasteiger partial charge >= 0.3 is 0 Å². The predicted octanol–water partition coefficient (Wildman–Crippen LogP) is 6.11. The summed E-state index contributed by atoms with van der Waals surface area (Å²) in [4.78, 5) is 28.3. The minimum Gasteiger partial charge on any atom is -0.355 e. The average molecular weight is 560 g/mol. The fraction of sp³-hybridized carbons (Fsp3) is 0.259. The quantitative estimate of drug-likeness (QED) is 0.308. The Morgan fingerprint density at radius 3 is 2.35 bits per heavy atom. The van der Waals surface area contributed by atoms with E-state index in [0.29, 0.717) is 30.3 Å². The SMILES string of the molecule is CCNC(=O)[C@@H](Cc1ccccc1)N(Cc1cccc(Cl)c1)C(=O)CSCc1ccc(Br)cc1. The molecule has 3 rings (SSSR count). The number of halogens is 2. The van der Waals surface area contributed by atoms with E-state index >= 15 is 0 Å². The Bertz CT molecular complexity index is 1080. The topological polar surface area (TPSA) is 49.4 Å². The van der Waals surface area contributed by atoms with Crippen LogP contribution in [0.4, 0.5) is 0 Å². The lowest BCUT2D eigenvalue weighted by Crippen LogP contribution is -2.51. The predicted molar refractivity (Wildman–Crippen MR) is 145 cm³/mol. The van der Waals surface area contributed by atoms with Crippen LogP contribution in [-0.2, 0) is 28.3 Å². The van der Waals surface area contributed by atoms with Crippen LogP contribution in [-0.4, -0.2) is 35.1 Å². The van der Waals surface area contributed by atoms with Gasteiger partial charge in [0.1, 0.15) is 6.04 Å². The van der Waals surface area contributed by atoms with Crippen LogP contribution in [0.3, 0.4) is 0 Å². The van der Waals surface area contributed by atoms with Crippen molar-refractivity contribution in [1.82, 2.24) is 10.2 Å². The molecular weight excluding hydrogens is 532 g/mol. The standard InChI is InChI=1S/C27H28BrClN2O2S/c1-2-30-27(33)25(16-20-7-4-3-5-8-20)31(17-22-9-6-10-24(29)15-22)26(32)19-34-18-21-11-13-23(28)14-12-21/h3-15,25H,2,16-19H2,1H3,(H,30,33)/t25-/m1/s1. The number of hydrogen-bond donors (Lipinski definition) is 1. The van der Waals surface area contributed by atoms with Gasteiger partial charge in [-0.05, 0) is 47.9 Å². The summed E-state index contributed by atoms with van der Waals surface area (Å²) in [6.45, 7) is 2.70. The Morgan fingerprint density at radius 1 is 0.971 bits per heavy atom. The van der Waals surface area contributed by atoms with Gasteiger partial charge in [-0.2, -0.15) is 0 Å². The van der Waals surface area contributed by atoms with Gasteiger partial charge in [0.15, 0.2) is 0 Å². The van der Waals surface area contributed by atoms with E-state index in [-0.39, 0.29) is 17.6 Å². The number of carbonyl (C=O) groups is 2. The molecular formula is C27H28BrClN2O2S. The summed E-state index contributed by atoms with van der Waals surface area (Å²) in [7, 11) is 0. The molecule has 2 amide bonds. The molecule has 34 heavy (non-hydrogen) atoms. The third-order valence-corrected chi connectivity index (χ3v) is 7.02. The molecule has 3 aromatic carbocycles. The van der Waals surface area contributed by atoms with E-state index in [0.717, 1.165) is 21.2 Å². The number of hydrogen-bond acceptors (Lipinski definition) is 3. The molecule has 0 aromatic heterocycles. The van der Waals surface area contributed by atoms with Crippen molar-refractivity contribution in [3.8, 4) is 0 Å². The summed E-state index contributed by atoms with van der Waals surface area (Å²) in [5.74, 6) is 0.768. The molecule has 0 aliphatic carbocycles. The molecule has 0 fully saturated rings. The van der Waals surface area contributed by atoms with Gasteiger partial charge in [0, 0.05) is 34.8 Å². The maximum absolute atomic E-state index is 13.5. The smallest absolute Gasteiger partial charge is 0.243 e. The number of amides is 2. The minimum absolute atomic E-state index is 0.0747. The van der Waals surface area contributed by atoms with Crippen LogP contribution in [0.2, 0.25) is 5.02 Å². The first-order valence-electron chi connectivity index (χ1n) is 11.1. The van der Waals surface area contributed by atoms with Gasteiger partial charge in [-0.3, -0.25) is 9.59 Å². The van der Waals surface area contributed by atoms with Crippen LogP contribution < -0.4 is 5.32 Å². The molecule has 1 N–H and O–H groups in total. The second-order valence-corrected chi connectivity index (χ2v) is 10.2. The van der Waals surface area contributed by atoms with Crippen LogP contribution in [0.5, 0.6) is 0 Å². The molecule has 4 nitrogen and oxygen atoms in total. The summed E-state index contributed by atoms with van der Waals surface area (Å²) >= 11 is 11.2. The Labute approximate surface area is 219 Å². The van der Waals surface area contributed by atoms with Gasteiger partial charge < -0.3 is 10.2 Å². The maximum atomic E-state index is 13.5. The van der Waals surface area contributed by atoms with Crippen LogP contribution in [0.1, 0.15) is 23.6 Å². The first kappa shape index (κ1) is 26.3. The Kier molecular flexibility index (Phi) is 10.5. The molecule has 0 saturated heterocycles. The zero-order chi connectivity index (χ0) is 24.3. The molecule has 0 bridgehead atoms. The van der Waals surface area contributed by atoms with E-state index < -0.39 is 6.04 Å². The highest BCUT2D eigenvalue weighted by Crippen LogP contribution is 2.20. The molecule has 0 spiro atoms. The van der Waals surface area contributed by atoms with Crippen molar-refractivity contribution in [2.75, 3.05) is 12.3 Å². The fourth-order valence-electron chi connectivity index (χ4n) is 3.60. The summed E-state index contributed by atoms with van der Waals surface area (Å²) in [5, 5.41) is 3.52. The number of thioether (sulfide) groups is 1. The maximum Gasteiger partial charge on any atom is 0.243 e. The number of nitrogens with zero attached hydrogens (tertiary/aromatic N) is 1. The van der Waals surface area contributed by atoms with Gasteiger partial charge in [0.25, 0.3) is 0 Å². The van der Waals surface area contributed by atoms with E-state index in [1.54, 1.807) is 22.7 Å². The Morgan fingerprint density at radius 2 is 1.68 bits per heavy atom. The zero-order valence-electron chi connectivity index (χ0n) is 19.0. The van der Waals surface area contributed by atoms with Crippen molar-refractivity contribution in [2.45, 2.75) is 31.7 Å². The normalized spacial score (nSPS) is 11.6. The molecule has 0 unspecified atom stereocenters. The van der Waals surface area contributed by atoms with Gasteiger partial charge in [0.05, 0.1) is 5.75 Å². The summed E-state index contributed by atoms with van der Waals surface area (Å²) in [5.41, 5.74) is 3.04. The highest BCUT2D eigenvalue weighted by atomic mass is 79.9. The van der Waals surface area contributed by atoms with Crippen molar-refractivity contribution in [3.05, 3.63) is 105 Å². The molecule has 0 radical (unpaired) electrons. The molecule has 7 heteroatoms. The van der Waals surface area contributed by atoms with E-state index in [1.165, 1.54) is 0 Å². The number of carbonyl (C=O) groups excluding carboxylic acids is 2. The Hall–Kier alpha value is -2.28. The number of likely N-dealkylation sites (N-methyl/N-ethyl adjacent to an activating group) is 1. The highest BCUT2D eigenvalue weighted by Gasteiger charge is 2.30. The first-order chi connectivity index (χ1) is 16.5. The van der Waals surface area contributed by atoms with Crippen molar-refractivity contribution < 1.29 is 9.59 Å². The lowest BCUT2D eigenvalue weighted by Gasteiger charge is -2.31. The van der Waals surface area contributed by atoms with Gasteiger partial charge in [-0.15, -0.1) is 11.8 Å². The van der Waals surface area contributed by atoms with Crippen molar-refractivity contribution in [1.29, 1.82) is 0 Å². The fourth-order valence-corrected chi connectivity index (χ4v) is 4.95. The lowest BCUT2D eigenvalue weighted by molar-refractivity contribution is -0.139. The zero-order valence-corrected chi connectivity index (χ0v) is 22.2. The summed E-state index contributed by atoms with van der Waals surface area (Å²) in [6, 6.07) is 24.7. The van der Waals surface area contributed by atoms with E-state index in [2.05, 4.69) is 21.2 Å². The monoisotopic (exact) mass is 558 g/mol. The van der Waals surface area contributed by atoms with Crippen molar-refractivity contribution >= 4 is 51.1 Å². The van der Waals surface area contributed by atoms with Gasteiger partial charge in [-0.25, -0.2) is 0 Å². The van der Waals surface area contributed by atoms with Crippen LogP contribution in [0.25, 0.3) is 0 Å². The molecule has 0 aliphatic rings. The van der Waals surface area contributed by atoms with E-state index in [4.69, 9.17) is 11.6 Å².